The standard InChI is InChI=1S/C14H11BrFNO4/c1-20-7-2-3-12(9(15)4-7)21-13-5-8(14(18)19)11(17)6-10(13)16/h2-6H,17H2,1H3,(H,18,19). The third kappa shape index (κ3) is 3.25. The lowest BCUT2D eigenvalue weighted by Crippen LogP contribution is -2.04. The van der Waals surface area contributed by atoms with E-state index < -0.39 is 11.8 Å². The van der Waals surface area contributed by atoms with Crippen LogP contribution in [0.1, 0.15) is 10.4 Å². The summed E-state index contributed by atoms with van der Waals surface area (Å²) in [6, 6.07) is 6.80. The van der Waals surface area contributed by atoms with Crippen molar-refractivity contribution in [1.82, 2.24) is 0 Å². The van der Waals surface area contributed by atoms with Crippen LogP contribution in [-0.4, -0.2) is 18.2 Å². The van der Waals surface area contributed by atoms with E-state index in [0.717, 1.165) is 12.1 Å². The number of carbonyl (C=O) groups is 1. The highest BCUT2D eigenvalue weighted by molar-refractivity contribution is 9.10. The molecule has 0 spiro atoms. The lowest BCUT2D eigenvalue weighted by Gasteiger charge is -2.11. The van der Waals surface area contributed by atoms with E-state index in [4.69, 9.17) is 20.3 Å². The van der Waals surface area contributed by atoms with Gasteiger partial charge in [0, 0.05) is 17.8 Å². The molecule has 2 aromatic rings. The van der Waals surface area contributed by atoms with Crippen molar-refractivity contribution in [3.8, 4) is 17.2 Å². The molecule has 0 radical (unpaired) electrons. The van der Waals surface area contributed by atoms with Gasteiger partial charge < -0.3 is 20.3 Å². The Morgan fingerprint density at radius 3 is 2.57 bits per heavy atom. The smallest absolute Gasteiger partial charge is 0.337 e. The van der Waals surface area contributed by atoms with Gasteiger partial charge >= 0.3 is 5.97 Å². The molecule has 0 aliphatic heterocycles. The number of anilines is 1. The van der Waals surface area contributed by atoms with Gasteiger partial charge in [0.1, 0.15) is 11.5 Å². The van der Waals surface area contributed by atoms with Crippen LogP contribution in [0.15, 0.2) is 34.8 Å². The second-order valence-electron chi connectivity index (χ2n) is 4.07. The summed E-state index contributed by atoms with van der Waals surface area (Å²) in [6.45, 7) is 0. The molecule has 0 aliphatic carbocycles. The molecule has 0 aromatic heterocycles. The lowest BCUT2D eigenvalue weighted by molar-refractivity contribution is 0.0697. The maximum atomic E-state index is 13.8. The molecule has 0 aliphatic rings. The predicted octanol–water partition coefficient (Wildman–Crippen LogP) is 3.67. The van der Waals surface area contributed by atoms with Crippen LogP contribution in [-0.2, 0) is 0 Å². The van der Waals surface area contributed by atoms with Crippen molar-refractivity contribution in [1.29, 1.82) is 0 Å². The lowest BCUT2D eigenvalue weighted by atomic mass is 10.1. The molecule has 0 atom stereocenters. The first-order valence-electron chi connectivity index (χ1n) is 5.76. The number of carboxylic acids is 1. The first kappa shape index (κ1) is 15.1. The fourth-order valence-electron chi connectivity index (χ4n) is 1.64. The second kappa shape index (κ2) is 6.01. The van der Waals surface area contributed by atoms with E-state index in [1.165, 1.54) is 7.11 Å². The predicted molar refractivity (Wildman–Crippen MR) is 78.5 cm³/mol. The zero-order valence-electron chi connectivity index (χ0n) is 10.9. The second-order valence-corrected chi connectivity index (χ2v) is 4.93. The van der Waals surface area contributed by atoms with Crippen molar-refractivity contribution in [2.75, 3.05) is 12.8 Å². The fraction of sp³-hybridized carbons (Fsp3) is 0.0714. The summed E-state index contributed by atoms with van der Waals surface area (Å²) in [6.07, 6.45) is 0. The topological polar surface area (TPSA) is 81.8 Å². The number of benzene rings is 2. The summed E-state index contributed by atoms with van der Waals surface area (Å²) in [5.41, 5.74) is 5.06. The highest BCUT2D eigenvalue weighted by Crippen LogP contribution is 2.35. The van der Waals surface area contributed by atoms with Crippen LogP contribution >= 0.6 is 15.9 Å². The van der Waals surface area contributed by atoms with Gasteiger partial charge in [-0.15, -0.1) is 0 Å². The molecule has 0 saturated heterocycles. The third-order valence-electron chi connectivity index (χ3n) is 2.69. The summed E-state index contributed by atoms with van der Waals surface area (Å²) in [7, 11) is 1.51. The average molecular weight is 356 g/mol. The van der Waals surface area contributed by atoms with Crippen LogP contribution < -0.4 is 15.2 Å². The van der Waals surface area contributed by atoms with Gasteiger partial charge in [0.05, 0.1) is 17.1 Å². The van der Waals surface area contributed by atoms with Crippen molar-refractivity contribution in [3.63, 3.8) is 0 Å². The van der Waals surface area contributed by atoms with Gasteiger partial charge in [-0.05, 0) is 34.1 Å². The van der Waals surface area contributed by atoms with Crippen LogP contribution in [0.3, 0.4) is 0 Å². The normalized spacial score (nSPS) is 10.2. The van der Waals surface area contributed by atoms with Crippen molar-refractivity contribution in [2.24, 2.45) is 0 Å². The molecule has 110 valence electrons. The van der Waals surface area contributed by atoms with E-state index in [0.29, 0.717) is 16.0 Å². The molecule has 21 heavy (non-hydrogen) atoms. The molecule has 2 rings (SSSR count). The van der Waals surface area contributed by atoms with Gasteiger partial charge in [0.15, 0.2) is 11.6 Å². The average Bonchev–Trinajstić information content (AvgIpc) is 2.43. The SMILES string of the molecule is COc1ccc(Oc2cc(C(=O)O)c(N)cc2F)c(Br)c1. The van der Waals surface area contributed by atoms with Crippen LogP contribution in [0.5, 0.6) is 17.2 Å². The molecule has 3 N–H and O–H groups in total. The molecular weight excluding hydrogens is 345 g/mol. The number of aromatic carboxylic acids is 1. The Balaban J connectivity index is 2.39. The van der Waals surface area contributed by atoms with Crippen molar-refractivity contribution in [2.45, 2.75) is 0 Å². The third-order valence-corrected chi connectivity index (χ3v) is 3.31. The van der Waals surface area contributed by atoms with Gasteiger partial charge in [-0.25, -0.2) is 9.18 Å². The van der Waals surface area contributed by atoms with Gasteiger partial charge in [0.25, 0.3) is 0 Å². The Morgan fingerprint density at radius 2 is 2.00 bits per heavy atom. The summed E-state index contributed by atoms with van der Waals surface area (Å²) in [5.74, 6) is -1.33. The monoisotopic (exact) mass is 355 g/mol. The maximum absolute atomic E-state index is 13.8. The summed E-state index contributed by atoms with van der Waals surface area (Å²) >= 11 is 3.26. The zero-order valence-corrected chi connectivity index (χ0v) is 12.5. The molecular formula is C14H11BrFNO4. The van der Waals surface area contributed by atoms with Crippen LogP contribution in [0.4, 0.5) is 10.1 Å². The molecule has 0 amide bonds. The minimum atomic E-state index is -1.26. The molecule has 0 heterocycles. The number of ether oxygens (including phenoxy) is 2. The Bertz CT molecular complexity index is 706. The quantitative estimate of drug-likeness (QED) is 0.817. The van der Waals surface area contributed by atoms with E-state index >= 15 is 0 Å². The molecule has 0 unspecified atom stereocenters. The molecule has 0 bridgehead atoms. The molecule has 0 fully saturated rings. The molecule has 5 nitrogen and oxygen atoms in total. The number of methoxy groups -OCH3 is 1. The van der Waals surface area contributed by atoms with Crippen LogP contribution in [0.2, 0.25) is 0 Å². The Hall–Kier alpha value is -2.28. The zero-order chi connectivity index (χ0) is 15.6. The Labute approximate surface area is 128 Å². The largest absolute Gasteiger partial charge is 0.497 e. The highest BCUT2D eigenvalue weighted by atomic mass is 79.9. The van der Waals surface area contributed by atoms with Crippen LogP contribution in [0, 0.1) is 5.82 Å². The first-order chi connectivity index (χ1) is 9.92. The van der Waals surface area contributed by atoms with E-state index in [2.05, 4.69) is 15.9 Å². The van der Waals surface area contributed by atoms with E-state index in [9.17, 15) is 9.18 Å². The van der Waals surface area contributed by atoms with Gasteiger partial charge in [0.2, 0.25) is 0 Å². The number of nitrogens with two attached hydrogens (primary N) is 1. The molecule has 7 heteroatoms. The summed E-state index contributed by atoms with van der Waals surface area (Å²) in [5, 5.41) is 8.99. The number of hydrogen-bond acceptors (Lipinski definition) is 4. The van der Waals surface area contributed by atoms with Crippen molar-refractivity contribution in [3.05, 3.63) is 46.2 Å². The number of carboxylic acid groups (broad SMARTS) is 1. The summed E-state index contributed by atoms with van der Waals surface area (Å²) in [4.78, 5) is 11.0. The minimum Gasteiger partial charge on any atom is -0.497 e. The van der Waals surface area contributed by atoms with E-state index in [1.54, 1.807) is 18.2 Å². The number of halogens is 2. The number of rotatable bonds is 4. The van der Waals surface area contributed by atoms with Gasteiger partial charge in [-0.1, -0.05) is 0 Å². The maximum Gasteiger partial charge on any atom is 0.337 e. The van der Waals surface area contributed by atoms with Crippen molar-refractivity contribution < 1.29 is 23.8 Å². The van der Waals surface area contributed by atoms with Crippen molar-refractivity contribution >= 4 is 27.6 Å². The molecule has 2 aromatic carbocycles. The Morgan fingerprint density at radius 1 is 1.29 bits per heavy atom. The number of hydrogen-bond donors (Lipinski definition) is 2. The van der Waals surface area contributed by atoms with E-state index in [-0.39, 0.29) is 17.0 Å². The van der Waals surface area contributed by atoms with Gasteiger partial charge in [-0.2, -0.15) is 0 Å². The van der Waals surface area contributed by atoms with E-state index in [1.807, 2.05) is 0 Å². The van der Waals surface area contributed by atoms with Gasteiger partial charge in [-0.3, -0.25) is 0 Å². The first-order valence-corrected chi connectivity index (χ1v) is 6.55. The number of nitrogen functional groups attached to an aromatic ring is 1. The summed E-state index contributed by atoms with van der Waals surface area (Å²) < 4.78 is 24.8. The Kier molecular flexibility index (Phi) is 4.32. The molecule has 0 saturated carbocycles. The fourth-order valence-corrected chi connectivity index (χ4v) is 2.08. The highest BCUT2D eigenvalue weighted by Gasteiger charge is 2.15. The van der Waals surface area contributed by atoms with Crippen LogP contribution in [0.25, 0.3) is 0 Å². The minimum absolute atomic E-state index is 0.166.